The van der Waals surface area contributed by atoms with Crippen LogP contribution in [-0.4, -0.2) is 44.7 Å². The first-order chi connectivity index (χ1) is 11.6. The standard InChI is InChI=1S/C17H23N5O2/c1-11-16(17(23)20-12-4-6-13(24-3)7-5-12)21-14(8-19-11)15-9-18-10-22(15)2/h8-10,12-13H,4-7H2,1-3H3,(H,20,23). The van der Waals surface area contributed by atoms with Gasteiger partial charge < -0.3 is 14.6 Å². The SMILES string of the molecule is COC1CCC(NC(=O)c2nc(-c3cncn3C)cnc2C)CC1. The van der Waals surface area contributed by atoms with Crippen LogP contribution in [0.25, 0.3) is 11.4 Å². The molecule has 0 spiro atoms. The van der Waals surface area contributed by atoms with Crippen LogP contribution in [0.2, 0.25) is 0 Å². The number of hydrogen-bond acceptors (Lipinski definition) is 5. The number of nitrogens with one attached hydrogen (secondary N) is 1. The van der Waals surface area contributed by atoms with Crippen LogP contribution in [0.3, 0.4) is 0 Å². The van der Waals surface area contributed by atoms with Gasteiger partial charge in [-0.2, -0.15) is 0 Å². The zero-order valence-electron chi connectivity index (χ0n) is 14.3. The Kier molecular flexibility index (Phi) is 4.89. The highest BCUT2D eigenvalue weighted by Crippen LogP contribution is 2.21. The van der Waals surface area contributed by atoms with Gasteiger partial charge in [-0.25, -0.2) is 9.97 Å². The highest BCUT2D eigenvalue weighted by molar-refractivity contribution is 5.93. The van der Waals surface area contributed by atoms with E-state index < -0.39 is 0 Å². The van der Waals surface area contributed by atoms with Crippen LogP contribution in [0.5, 0.6) is 0 Å². The van der Waals surface area contributed by atoms with E-state index in [9.17, 15) is 4.79 Å². The highest BCUT2D eigenvalue weighted by Gasteiger charge is 2.24. The summed E-state index contributed by atoms with van der Waals surface area (Å²) < 4.78 is 7.23. The zero-order valence-corrected chi connectivity index (χ0v) is 14.3. The quantitative estimate of drug-likeness (QED) is 0.926. The lowest BCUT2D eigenvalue weighted by molar-refractivity contribution is 0.0598. The normalized spacial score (nSPS) is 20.8. The van der Waals surface area contributed by atoms with Crippen molar-refractivity contribution in [1.29, 1.82) is 0 Å². The minimum absolute atomic E-state index is 0.162. The molecule has 2 heterocycles. The summed E-state index contributed by atoms with van der Waals surface area (Å²) in [5, 5.41) is 3.09. The van der Waals surface area contributed by atoms with E-state index in [1.165, 1.54) is 0 Å². The first-order valence-corrected chi connectivity index (χ1v) is 8.22. The van der Waals surface area contributed by atoms with E-state index in [1.807, 2.05) is 11.6 Å². The van der Waals surface area contributed by atoms with E-state index in [4.69, 9.17) is 4.74 Å². The fourth-order valence-electron chi connectivity index (χ4n) is 3.09. The molecule has 1 fully saturated rings. The third-order valence-corrected chi connectivity index (χ3v) is 4.59. The van der Waals surface area contributed by atoms with Crippen molar-refractivity contribution in [3.63, 3.8) is 0 Å². The molecule has 0 bridgehead atoms. The molecule has 24 heavy (non-hydrogen) atoms. The van der Waals surface area contributed by atoms with Gasteiger partial charge in [-0.15, -0.1) is 0 Å². The van der Waals surface area contributed by atoms with E-state index >= 15 is 0 Å². The summed E-state index contributed by atoms with van der Waals surface area (Å²) in [6.07, 6.45) is 9.21. The topological polar surface area (TPSA) is 81.9 Å². The number of carbonyl (C=O) groups excluding carboxylic acids is 1. The van der Waals surface area contributed by atoms with Crippen molar-refractivity contribution in [2.24, 2.45) is 7.05 Å². The third kappa shape index (κ3) is 3.46. The lowest BCUT2D eigenvalue weighted by atomic mass is 9.93. The van der Waals surface area contributed by atoms with E-state index in [0.29, 0.717) is 23.2 Å². The Labute approximate surface area is 141 Å². The van der Waals surface area contributed by atoms with Gasteiger partial charge in [0.2, 0.25) is 0 Å². The molecule has 0 aromatic carbocycles. The number of carbonyl (C=O) groups is 1. The maximum absolute atomic E-state index is 12.6. The second-order valence-electron chi connectivity index (χ2n) is 6.26. The van der Waals surface area contributed by atoms with Crippen LogP contribution < -0.4 is 5.32 Å². The summed E-state index contributed by atoms with van der Waals surface area (Å²) in [5.74, 6) is -0.162. The molecule has 0 atom stereocenters. The van der Waals surface area contributed by atoms with Crippen molar-refractivity contribution in [2.45, 2.75) is 44.8 Å². The van der Waals surface area contributed by atoms with Gasteiger partial charge in [-0.1, -0.05) is 0 Å². The fourth-order valence-corrected chi connectivity index (χ4v) is 3.09. The molecule has 2 aromatic rings. The Balaban J connectivity index is 1.74. The third-order valence-electron chi connectivity index (χ3n) is 4.59. The van der Waals surface area contributed by atoms with Crippen LogP contribution in [0, 0.1) is 6.92 Å². The number of hydrogen-bond donors (Lipinski definition) is 1. The molecule has 1 aliphatic rings. The first kappa shape index (κ1) is 16.6. The van der Waals surface area contributed by atoms with Crippen LogP contribution in [0.15, 0.2) is 18.7 Å². The van der Waals surface area contributed by atoms with E-state index in [1.54, 1.807) is 32.8 Å². The summed E-state index contributed by atoms with van der Waals surface area (Å²) in [6, 6.07) is 0.172. The summed E-state index contributed by atoms with van der Waals surface area (Å²) >= 11 is 0. The molecule has 128 valence electrons. The molecule has 1 saturated carbocycles. The Morgan fingerprint density at radius 2 is 2.04 bits per heavy atom. The lowest BCUT2D eigenvalue weighted by Crippen LogP contribution is -2.39. The van der Waals surface area contributed by atoms with Crippen molar-refractivity contribution in [1.82, 2.24) is 24.8 Å². The van der Waals surface area contributed by atoms with Crippen molar-refractivity contribution in [3.05, 3.63) is 30.1 Å². The summed E-state index contributed by atoms with van der Waals surface area (Å²) in [5.41, 5.74) is 2.48. The molecule has 0 unspecified atom stereocenters. The van der Waals surface area contributed by atoms with E-state index in [-0.39, 0.29) is 11.9 Å². The average molecular weight is 329 g/mol. The highest BCUT2D eigenvalue weighted by atomic mass is 16.5. The average Bonchev–Trinajstić information content (AvgIpc) is 3.02. The summed E-state index contributed by atoms with van der Waals surface area (Å²) in [4.78, 5) is 25.6. The minimum atomic E-state index is -0.162. The predicted molar refractivity (Wildman–Crippen MR) is 89.5 cm³/mol. The molecule has 1 N–H and O–H groups in total. The number of aromatic nitrogens is 4. The second kappa shape index (κ2) is 7.09. The smallest absolute Gasteiger partial charge is 0.272 e. The Morgan fingerprint density at radius 1 is 1.29 bits per heavy atom. The van der Waals surface area contributed by atoms with Gasteiger partial charge in [-0.3, -0.25) is 9.78 Å². The fraction of sp³-hybridized carbons (Fsp3) is 0.529. The van der Waals surface area contributed by atoms with Crippen LogP contribution >= 0.6 is 0 Å². The maximum atomic E-state index is 12.6. The summed E-state index contributed by atoms with van der Waals surface area (Å²) in [6.45, 7) is 1.80. The van der Waals surface area contributed by atoms with Crippen molar-refractivity contribution >= 4 is 5.91 Å². The number of nitrogens with zero attached hydrogens (tertiary/aromatic N) is 4. The van der Waals surface area contributed by atoms with Crippen molar-refractivity contribution in [2.75, 3.05) is 7.11 Å². The lowest BCUT2D eigenvalue weighted by Gasteiger charge is -2.28. The summed E-state index contributed by atoms with van der Waals surface area (Å²) in [7, 11) is 3.63. The largest absolute Gasteiger partial charge is 0.381 e. The molecule has 7 nitrogen and oxygen atoms in total. The zero-order chi connectivity index (χ0) is 17.1. The molecule has 1 amide bonds. The van der Waals surface area contributed by atoms with Crippen LogP contribution in [-0.2, 0) is 11.8 Å². The van der Waals surface area contributed by atoms with Crippen molar-refractivity contribution < 1.29 is 9.53 Å². The number of amides is 1. The molecule has 2 aromatic heterocycles. The van der Waals surface area contributed by atoms with Crippen LogP contribution in [0.4, 0.5) is 0 Å². The van der Waals surface area contributed by atoms with E-state index in [0.717, 1.165) is 31.4 Å². The van der Waals surface area contributed by atoms with Gasteiger partial charge in [0.05, 0.1) is 36.2 Å². The van der Waals surface area contributed by atoms with E-state index in [2.05, 4.69) is 20.3 Å². The second-order valence-corrected chi connectivity index (χ2v) is 6.26. The molecule has 0 saturated heterocycles. The van der Waals surface area contributed by atoms with Gasteiger partial charge in [0.1, 0.15) is 11.4 Å². The Bertz CT molecular complexity index is 720. The van der Waals surface area contributed by atoms with Gasteiger partial charge in [0.15, 0.2) is 0 Å². The number of aryl methyl sites for hydroxylation is 2. The first-order valence-electron chi connectivity index (χ1n) is 8.22. The molecule has 0 aliphatic heterocycles. The molecule has 7 heteroatoms. The number of imidazole rings is 1. The van der Waals surface area contributed by atoms with Crippen LogP contribution in [0.1, 0.15) is 41.9 Å². The molecule has 1 aliphatic carbocycles. The van der Waals surface area contributed by atoms with Gasteiger partial charge >= 0.3 is 0 Å². The number of ether oxygens (including phenoxy) is 1. The number of methoxy groups -OCH3 is 1. The van der Waals surface area contributed by atoms with Gasteiger partial charge in [0.25, 0.3) is 5.91 Å². The Morgan fingerprint density at radius 3 is 2.67 bits per heavy atom. The van der Waals surface area contributed by atoms with Crippen molar-refractivity contribution in [3.8, 4) is 11.4 Å². The minimum Gasteiger partial charge on any atom is -0.381 e. The molecule has 3 rings (SSSR count). The predicted octanol–water partition coefficient (Wildman–Crippen LogP) is 1.87. The van der Waals surface area contributed by atoms with Gasteiger partial charge in [0, 0.05) is 20.2 Å². The molecular weight excluding hydrogens is 306 g/mol. The monoisotopic (exact) mass is 329 g/mol. The Hall–Kier alpha value is -2.28. The molecule has 0 radical (unpaired) electrons. The van der Waals surface area contributed by atoms with Gasteiger partial charge in [-0.05, 0) is 32.6 Å². The number of rotatable bonds is 4. The molecular formula is C17H23N5O2. The maximum Gasteiger partial charge on any atom is 0.272 e.